The third-order valence-electron chi connectivity index (χ3n) is 2.76. The van der Waals surface area contributed by atoms with Gasteiger partial charge in [0, 0.05) is 18.9 Å². The molecule has 17 heavy (non-hydrogen) atoms. The number of aliphatic carboxylic acids is 1. The minimum Gasteiger partial charge on any atom is -0.481 e. The Hall–Kier alpha value is -1.06. The van der Waals surface area contributed by atoms with Crippen molar-refractivity contribution in [2.24, 2.45) is 5.92 Å². The van der Waals surface area contributed by atoms with Gasteiger partial charge in [-0.25, -0.2) is 0 Å². The van der Waals surface area contributed by atoms with Crippen molar-refractivity contribution in [1.29, 1.82) is 0 Å². The van der Waals surface area contributed by atoms with Crippen LogP contribution in [0.15, 0.2) is 0 Å². The molecule has 1 amide bonds. The van der Waals surface area contributed by atoms with Crippen LogP contribution in [-0.4, -0.2) is 23.5 Å². The fourth-order valence-corrected chi connectivity index (χ4v) is 1.86. The number of nitrogens with one attached hydrogen (secondary N) is 1. The molecule has 0 aliphatic rings. The molecule has 0 aliphatic carbocycles. The molecule has 0 saturated carbocycles. The molecule has 2 N–H and O–H groups in total. The quantitative estimate of drug-likeness (QED) is 0.579. The largest absolute Gasteiger partial charge is 0.481 e. The Morgan fingerprint density at radius 1 is 1.12 bits per heavy atom. The third kappa shape index (κ3) is 8.72. The third-order valence-corrected chi connectivity index (χ3v) is 2.76. The van der Waals surface area contributed by atoms with Crippen LogP contribution >= 0.6 is 0 Å². The number of hydrogen-bond acceptors (Lipinski definition) is 2. The summed E-state index contributed by atoms with van der Waals surface area (Å²) in [7, 11) is 0. The van der Waals surface area contributed by atoms with Gasteiger partial charge in [0.1, 0.15) is 0 Å². The zero-order valence-electron chi connectivity index (χ0n) is 11.0. The van der Waals surface area contributed by atoms with E-state index in [1.165, 1.54) is 0 Å². The number of amides is 1. The van der Waals surface area contributed by atoms with Gasteiger partial charge in [0.25, 0.3) is 0 Å². The lowest BCUT2D eigenvalue weighted by atomic mass is 9.97. The number of unbranched alkanes of at least 4 members (excludes halogenated alkanes) is 1. The lowest BCUT2D eigenvalue weighted by Gasteiger charge is -2.14. The van der Waals surface area contributed by atoms with Crippen molar-refractivity contribution in [3.63, 3.8) is 0 Å². The van der Waals surface area contributed by atoms with Gasteiger partial charge in [-0.3, -0.25) is 9.59 Å². The van der Waals surface area contributed by atoms with Gasteiger partial charge in [0.15, 0.2) is 0 Å². The molecule has 0 heterocycles. The average Bonchev–Trinajstić information content (AvgIpc) is 2.27. The number of hydrogen-bond donors (Lipinski definition) is 2. The van der Waals surface area contributed by atoms with Crippen LogP contribution in [-0.2, 0) is 9.59 Å². The van der Waals surface area contributed by atoms with E-state index < -0.39 is 5.97 Å². The van der Waals surface area contributed by atoms with Gasteiger partial charge < -0.3 is 10.4 Å². The highest BCUT2D eigenvalue weighted by atomic mass is 16.4. The molecule has 0 bridgehead atoms. The molecule has 0 aliphatic heterocycles. The summed E-state index contributed by atoms with van der Waals surface area (Å²) >= 11 is 0. The SMILES string of the molecule is CCCC(CCC)C(=O)NCCCCC(=O)O. The molecule has 0 spiro atoms. The lowest BCUT2D eigenvalue weighted by molar-refractivity contribution is -0.137. The molecule has 0 aromatic rings. The molecule has 0 radical (unpaired) electrons. The maximum Gasteiger partial charge on any atom is 0.303 e. The van der Waals surface area contributed by atoms with E-state index >= 15 is 0 Å². The van der Waals surface area contributed by atoms with Crippen molar-refractivity contribution < 1.29 is 14.7 Å². The van der Waals surface area contributed by atoms with E-state index in [0.29, 0.717) is 13.0 Å². The molecular weight excluding hydrogens is 218 g/mol. The topological polar surface area (TPSA) is 66.4 Å². The van der Waals surface area contributed by atoms with Gasteiger partial charge in [0.2, 0.25) is 5.91 Å². The van der Waals surface area contributed by atoms with Crippen LogP contribution in [0.25, 0.3) is 0 Å². The second-order valence-corrected chi connectivity index (χ2v) is 4.42. The number of carbonyl (C=O) groups excluding carboxylic acids is 1. The number of carboxylic acid groups (broad SMARTS) is 1. The zero-order chi connectivity index (χ0) is 13.1. The van der Waals surface area contributed by atoms with E-state index in [1.807, 2.05) is 0 Å². The smallest absolute Gasteiger partial charge is 0.303 e. The van der Waals surface area contributed by atoms with Crippen molar-refractivity contribution in [2.75, 3.05) is 6.54 Å². The van der Waals surface area contributed by atoms with Gasteiger partial charge in [-0.05, 0) is 25.7 Å². The van der Waals surface area contributed by atoms with Crippen LogP contribution in [0.5, 0.6) is 0 Å². The maximum absolute atomic E-state index is 11.8. The highest BCUT2D eigenvalue weighted by Gasteiger charge is 2.15. The molecule has 0 saturated heterocycles. The molecule has 0 atom stereocenters. The Morgan fingerprint density at radius 3 is 2.18 bits per heavy atom. The van der Waals surface area contributed by atoms with E-state index in [2.05, 4.69) is 19.2 Å². The highest BCUT2D eigenvalue weighted by Crippen LogP contribution is 2.13. The Labute approximate surface area is 104 Å². The monoisotopic (exact) mass is 243 g/mol. The van der Waals surface area contributed by atoms with Crippen LogP contribution < -0.4 is 5.32 Å². The van der Waals surface area contributed by atoms with Crippen LogP contribution in [0.2, 0.25) is 0 Å². The number of carbonyl (C=O) groups is 2. The number of carboxylic acids is 1. The minimum atomic E-state index is -0.772. The Balaban J connectivity index is 3.70. The molecule has 0 aromatic heterocycles. The van der Waals surface area contributed by atoms with Crippen LogP contribution in [0.1, 0.15) is 58.8 Å². The van der Waals surface area contributed by atoms with Crippen molar-refractivity contribution >= 4 is 11.9 Å². The van der Waals surface area contributed by atoms with E-state index in [-0.39, 0.29) is 18.2 Å². The van der Waals surface area contributed by atoms with E-state index in [0.717, 1.165) is 32.1 Å². The van der Waals surface area contributed by atoms with Gasteiger partial charge in [-0.15, -0.1) is 0 Å². The summed E-state index contributed by atoms with van der Waals surface area (Å²) in [5, 5.41) is 11.4. The summed E-state index contributed by atoms with van der Waals surface area (Å²) in [5.74, 6) is -0.514. The number of rotatable bonds is 10. The van der Waals surface area contributed by atoms with Gasteiger partial charge in [-0.1, -0.05) is 26.7 Å². The normalized spacial score (nSPS) is 10.5. The summed E-state index contributed by atoms with van der Waals surface area (Å²) in [5.41, 5.74) is 0. The standard InChI is InChI=1S/C13H25NO3/c1-3-7-11(8-4-2)13(17)14-10-6-5-9-12(15)16/h11H,3-10H2,1-2H3,(H,14,17)(H,15,16). The Bertz CT molecular complexity index is 223. The lowest BCUT2D eigenvalue weighted by Crippen LogP contribution is -2.31. The van der Waals surface area contributed by atoms with Crippen LogP contribution in [0.3, 0.4) is 0 Å². The molecule has 0 aromatic carbocycles. The van der Waals surface area contributed by atoms with E-state index in [9.17, 15) is 9.59 Å². The summed E-state index contributed by atoms with van der Waals surface area (Å²) in [6, 6.07) is 0. The van der Waals surface area contributed by atoms with Crippen molar-refractivity contribution in [1.82, 2.24) is 5.32 Å². The van der Waals surface area contributed by atoms with Crippen LogP contribution in [0, 0.1) is 5.92 Å². The molecule has 0 unspecified atom stereocenters. The first-order valence-corrected chi connectivity index (χ1v) is 6.61. The highest BCUT2D eigenvalue weighted by molar-refractivity contribution is 5.78. The predicted octanol–water partition coefficient (Wildman–Crippen LogP) is 2.57. The molecule has 4 heteroatoms. The van der Waals surface area contributed by atoms with Crippen molar-refractivity contribution in [3.8, 4) is 0 Å². The summed E-state index contributed by atoms with van der Waals surface area (Å²) < 4.78 is 0. The second kappa shape index (κ2) is 10.1. The summed E-state index contributed by atoms with van der Waals surface area (Å²) in [6.07, 6.45) is 5.48. The first-order valence-electron chi connectivity index (χ1n) is 6.61. The van der Waals surface area contributed by atoms with Gasteiger partial charge >= 0.3 is 5.97 Å². The molecular formula is C13H25NO3. The molecule has 0 rings (SSSR count). The fourth-order valence-electron chi connectivity index (χ4n) is 1.86. The van der Waals surface area contributed by atoms with Crippen LogP contribution in [0.4, 0.5) is 0 Å². The van der Waals surface area contributed by atoms with Crippen molar-refractivity contribution in [2.45, 2.75) is 58.8 Å². The molecule has 4 nitrogen and oxygen atoms in total. The summed E-state index contributed by atoms with van der Waals surface area (Å²) in [6.45, 7) is 4.77. The van der Waals surface area contributed by atoms with E-state index in [4.69, 9.17) is 5.11 Å². The Kier molecular flexibility index (Phi) is 9.49. The first kappa shape index (κ1) is 15.9. The summed E-state index contributed by atoms with van der Waals surface area (Å²) in [4.78, 5) is 22.1. The predicted molar refractivity (Wildman–Crippen MR) is 67.8 cm³/mol. The van der Waals surface area contributed by atoms with Crippen molar-refractivity contribution in [3.05, 3.63) is 0 Å². The zero-order valence-corrected chi connectivity index (χ0v) is 11.0. The average molecular weight is 243 g/mol. The fraction of sp³-hybridized carbons (Fsp3) is 0.846. The minimum absolute atomic E-state index is 0.129. The Morgan fingerprint density at radius 2 is 1.71 bits per heavy atom. The van der Waals surface area contributed by atoms with E-state index in [1.54, 1.807) is 0 Å². The second-order valence-electron chi connectivity index (χ2n) is 4.42. The molecule has 0 fully saturated rings. The maximum atomic E-state index is 11.8. The van der Waals surface area contributed by atoms with Gasteiger partial charge in [0.05, 0.1) is 0 Å². The first-order chi connectivity index (χ1) is 8.11. The molecule has 100 valence electrons. The van der Waals surface area contributed by atoms with Gasteiger partial charge in [-0.2, -0.15) is 0 Å².